The zero-order chi connectivity index (χ0) is 20.1. The van der Waals surface area contributed by atoms with Crippen LogP contribution in [0.25, 0.3) is 6.08 Å². The third-order valence-electron chi connectivity index (χ3n) is 4.40. The summed E-state index contributed by atoms with van der Waals surface area (Å²) < 4.78 is 5.76. The predicted molar refractivity (Wildman–Crippen MR) is 114 cm³/mol. The molecular weight excluding hydrogens is 397 g/mol. The van der Waals surface area contributed by atoms with Gasteiger partial charge in [0.1, 0.15) is 5.82 Å². The molecule has 5 nitrogen and oxygen atoms in total. The van der Waals surface area contributed by atoms with E-state index >= 15 is 0 Å². The number of hydrogen-bond acceptors (Lipinski definition) is 4. The first-order valence-electron chi connectivity index (χ1n) is 9.17. The number of benzene rings is 1. The Morgan fingerprint density at radius 1 is 1.25 bits per heavy atom. The maximum Gasteiger partial charge on any atom is 0.244 e. The number of halogens is 2. The Morgan fingerprint density at radius 2 is 2.00 bits per heavy atom. The van der Waals surface area contributed by atoms with Crippen molar-refractivity contribution in [3.8, 4) is 0 Å². The van der Waals surface area contributed by atoms with Crippen molar-refractivity contribution in [1.29, 1.82) is 0 Å². The Bertz CT molecular complexity index is 845. The third-order valence-corrected chi connectivity index (χ3v) is 4.96. The minimum Gasteiger partial charge on any atom is -0.372 e. The van der Waals surface area contributed by atoms with Crippen LogP contribution in [0.4, 0.5) is 5.82 Å². The number of amides is 1. The van der Waals surface area contributed by atoms with Gasteiger partial charge < -0.3 is 15.0 Å². The maximum absolute atomic E-state index is 12.0. The molecule has 3 rings (SSSR count). The fraction of sp³-hybridized carbons (Fsp3) is 0.333. The van der Waals surface area contributed by atoms with E-state index in [0.29, 0.717) is 16.6 Å². The van der Waals surface area contributed by atoms with Crippen molar-refractivity contribution in [2.24, 2.45) is 0 Å². The van der Waals surface area contributed by atoms with Crippen molar-refractivity contribution >= 4 is 41.0 Å². The summed E-state index contributed by atoms with van der Waals surface area (Å²) >= 11 is 12.0. The highest BCUT2D eigenvalue weighted by atomic mass is 35.5. The van der Waals surface area contributed by atoms with Crippen molar-refractivity contribution in [2.45, 2.75) is 32.6 Å². The SMILES string of the molecule is CC1CN(c2ccc(CNC(=O)/C=C/c3ccc(Cl)cc3Cl)cn2)CC(C)O1. The van der Waals surface area contributed by atoms with Gasteiger partial charge in [0.05, 0.1) is 12.2 Å². The van der Waals surface area contributed by atoms with Crippen LogP contribution >= 0.6 is 23.2 Å². The van der Waals surface area contributed by atoms with Gasteiger partial charge in [0.2, 0.25) is 5.91 Å². The number of anilines is 1. The summed E-state index contributed by atoms with van der Waals surface area (Å²) in [6.45, 7) is 6.19. The van der Waals surface area contributed by atoms with Crippen molar-refractivity contribution in [2.75, 3.05) is 18.0 Å². The average molecular weight is 420 g/mol. The highest BCUT2D eigenvalue weighted by molar-refractivity contribution is 6.35. The number of carbonyl (C=O) groups is 1. The highest BCUT2D eigenvalue weighted by Gasteiger charge is 2.22. The Labute approximate surface area is 175 Å². The standard InChI is InChI=1S/C21H23Cl2N3O2/c1-14-12-26(13-15(2)28-14)20-7-3-16(10-24-20)11-25-21(27)8-5-17-4-6-18(22)9-19(17)23/h3-10,14-15H,11-13H2,1-2H3,(H,25,27)/b8-5+. The van der Waals surface area contributed by atoms with E-state index < -0.39 is 0 Å². The van der Waals surface area contributed by atoms with Crippen LogP contribution < -0.4 is 10.2 Å². The molecule has 1 aliphatic heterocycles. The lowest BCUT2D eigenvalue weighted by atomic mass is 10.2. The summed E-state index contributed by atoms with van der Waals surface area (Å²) in [5.41, 5.74) is 1.67. The normalized spacial score (nSPS) is 19.8. The fourth-order valence-corrected chi connectivity index (χ4v) is 3.59. The summed E-state index contributed by atoms with van der Waals surface area (Å²) in [6, 6.07) is 9.10. The second-order valence-electron chi connectivity index (χ2n) is 6.90. The topological polar surface area (TPSA) is 54.5 Å². The number of pyridine rings is 1. The van der Waals surface area contributed by atoms with Crippen molar-refractivity contribution in [1.82, 2.24) is 10.3 Å². The minimum absolute atomic E-state index is 0.186. The number of hydrogen-bond donors (Lipinski definition) is 1. The maximum atomic E-state index is 12.0. The van der Waals surface area contributed by atoms with Crippen LogP contribution in [0, 0.1) is 0 Å². The van der Waals surface area contributed by atoms with E-state index in [0.717, 1.165) is 30.0 Å². The molecular formula is C21H23Cl2N3O2. The zero-order valence-electron chi connectivity index (χ0n) is 15.9. The molecule has 0 saturated carbocycles. The molecule has 1 N–H and O–H groups in total. The number of carbonyl (C=O) groups excluding carboxylic acids is 1. The lowest BCUT2D eigenvalue weighted by Crippen LogP contribution is -2.45. The van der Waals surface area contributed by atoms with Crippen LogP contribution in [-0.2, 0) is 16.1 Å². The molecule has 7 heteroatoms. The molecule has 0 radical (unpaired) electrons. The second-order valence-corrected chi connectivity index (χ2v) is 7.75. The van der Waals surface area contributed by atoms with Crippen LogP contribution in [0.2, 0.25) is 10.0 Å². The van der Waals surface area contributed by atoms with Crippen molar-refractivity contribution < 1.29 is 9.53 Å². The lowest BCUT2D eigenvalue weighted by molar-refractivity contribution is -0.116. The van der Waals surface area contributed by atoms with E-state index in [2.05, 4.69) is 29.0 Å². The van der Waals surface area contributed by atoms with Crippen LogP contribution in [0.3, 0.4) is 0 Å². The number of morpholine rings is 1. The van der Waals surface area contributed by atoms with Gasteiger partial charge in [0, 0.05) is 42.0 Å². The molecule has 0 aliphatic carbocycles. The summed E-state index contributed by atoms with van der Waals surface area (Å²) in [6.07, 6.45) is 5.28. The Morgan fingerprint density at radius 3 is 2.64 bits per heavy atom. The molecule has 2 heterocycles. The largest absolute Gasteiger partial charge is 0.372 e. The highest BCUT2D eigenvalue weighted by Crippen LogP contribution is 2.22. The van der Waals surface area contributed by atoms with Crippen molar-refractivity contribution in [3.63, 3.8) is 0 Å². The quantitative estimate of drug-likeness (QED) is 0.732. The summed E-state index contributed by atoms with van der Waals surface area (Å²) in [5.74, 6) is 0.722. The van der Waals surface area contributed by atoms with Gasteiger partial charge in [0.15, 0.2) is 0 Å². The van der Waals surface area contributed by atoms with Crippen LogP contribution in [0.1, 0.15) is 25.0 Å². The molecule has 1 amide bonds. The van der Waals surface area contributed by atoms with E-state index in [9.17, 15) is 4.79 Å². The Balaban J connectivity index is 1.53. The lowest BCUT2D eigenvalue weighted by Gasteiger charge is -2.36. The average Bonchev–Trinajstić information content (AvgIpc) is 2.65. The van der Waals surface area contributed by atoms with Gasteiger partial charge in [-0.15, -0.1) is 0 Å². The molecule has 148 valence electrons. The van der Waals surface area contributed by atoms with Gasteiger partial charge in [-0.25, -0.2) is 4.98 Å². The molecule has 28 heavy (non-hydrogen) atoms. The van der Waals surface area contributed by atoms with Crippen LogP contribution in [0.5, 0.6) is 0 Å². The monoisotopic (exact) mass is 419 g/mol. The zero-order valence-corrected chi connectivity index (χ0v) is 17.4. The summed E-state index contributed by atoms with van der Waals surface area (Å²) in [7, 11) is 0. The molecule has 1 aliphatic rings. The van der Waals surface area contributed by atoms with Gasteiger partial charge in [-0.2, -0.15) is 0 Å². The number of rotatable bonds is 5. The smallest absolute Gasteiger partial charge is 0.244 e. The molecule has 1 aromatic heterocycles. The number of nitrogens with one attached hydrogen (secondary N) is 1. The molecule has 0 spiro atoms. The number of nitrogens with zero attached hydrogens (tertiary/aromatic N) is 2. The molecule has 2 unspecified atom stereocenters. The van der Waals surface area contributed by atoms with Gasteiger partial charge in [-0.3, -0.25) is 4.79 Å². The molecule has 0 bridgehead atoms. The molecule has 1 fully saturated rings. The predicted octanol–water partition coefficient (Wildman–Crippen LogP) is 4.33. The van der Waals surface area contributed by atoms with Crippen LogP contribution in [0.15, 0.2) is 42.6 Å². The van der Waals surface area contributed by atoms with Gasteiger partial charge in [-0.05, 0) is 49.2 Å². The van der Waals surface area contributed by atoms with Gasteiger partial charge in [0.25, 0.3) is 0 Å². The summed E-state index contributed by atoms with van der Waals surface area (Å²) in [5, 5.41) is 3.91. The van der Waals surface area contributed by atoms with E-state index in [1.165, 1.54) is 6.08 Å². The first kappa shape index (κ1) is 20.6. The molecule has 1 saturated heterocycles. The van der Waals surface area contributed by atoms with Gasteiger partial charge in [-0.1, -0.05) is 35.3 Å². The fourth-order valence-electron chi connectivity index (χ4n) is 3.12. The van der Waals surface area contributed by atoms with E-state index in [-0.39, 0.29) is 18.1 Å². The molecule has 2 atom stereocenters. The van der Waals surface area contributed by atoms with Crippen molar-refractivity contribution in [3.05, 3.63) is 63.8 Å². The number of ether oxygens (including phenoxy) is 1. The Kier molecular flexibility index (Phi) is 6.94. The number of aromatic nitrogens is 1. The Hall–Kier alpha value is -2.08. The first-order chi connectivity index (χ1) is 13.4. The van der Waals surface area contributed by atoms with E-state index in [4.69, 9.17) is 27.9 Å². The second kappa shape index (κ2) is 9.41. The van der Waals surface area contributed by atoms with Gasteiger partial charge >= 0.3 is 0 Å². The van der Waals surface area contributed by atoms with E-state index in [1.807, 2.05) is 12.1 Å². The van der Waals surface area contributed by atoms with Crippen LogP contribution in [-0.4, -0.2) is 36.2 Å². The molecule has 1 aromatic carbocycles. The third kappa shape index (κ3) is 5.71. The van der Waals surface area contributed by atoms with E-state index in [1.54, 1.807) is 30.5 Å². The minimum atomic E-state index is -0.203. The molecule has 2 aromatic rings. The summed E-state index contributed by atoms with van der Waals surface area (Å²) in [4.78, 5) is 18.8. The first-order valence-corrected chi connectivity index (χ1v) is 9.92.